The molecule has 1 aliphatic rings. The molecule has 8 nitrogen and oxygen atoms in total. The lowest BCUT2D eigenvalue weighted by Crippen LogP contribution is -2.37. The van der Waals surface area contributed by atoms with Gasteiger partial charge in [-0.2, -0.15) is 0 Å². The number of nitrogens with zero attached hydrogens (tertiary/aromatic N) is 1. The minimum absolute atomic E-state index is 0.0889. The molecule has 3 amide bonds. The summed E-state index contributed by atoms with van der Waals surface area (Å²) in [5, 5.41) is 2.37. The van der Waals surface area contributed by atoms with Crippen molar-refractivity contribution in [2.24, 2.45) is 0 Å². The summed E-state index contributed by atoms with van der Waals surface area (Å²) >= 11 is 0.864. The van der Waals surface area contributed by atoms with Gasteiger partial charge in [0.25, 0.3) is 11.1 Å². The molecule has 1 saturated heterocycles. The minimum atomic E-state index is -0.395. The highest BCUT2D eigenvalue weighted by atomic mass is 32.2. The SMILES string of the molecule is COc1ccccc1CC(=O)NCCN1C(=O)S/C(=C/c2ccc(OC)c(OC)c2)C1=O. The third kappa shape index (κ3) is 5.42. The molecule has 0 aliphatic carbocycles. The molecule has 0 bridgehead atoms. The van der Waals surface area contributed by atoms with Crippen LogP contribution in [0.1, 0.15) is 11.1 Å². The van der Waals surface area contributed by atoms with Gasteiger partial charge in [0.1, 0.15) is 5.75 Å². The summed E-state index contributed by atoms with van der Waals surface area (Å²) in [7, 11) is 4.61. The molecule has 1 N–H and O–H groups in total. The monoisotopic (exact) mass is 456 g/mol. The number of carbonyl (C=O) groups is 3. The first kappa shape index (κ1) is 23.2. The number of carbonyl (C=O) groups excluding carboxylic acids is 3. The van der Waals surface area contributed by atoms with Gasteiger partial charge in [-0.05, 0) is 41.6 Å². The number of rotatable bonds is 9. The van der Waals surface area contributed by atoms with Crippen molar-refractivity contribution in [1.82, 2.24) is 10.2 Å². The Bertz CT molecular complexity index is 1050. The average molecular weight is 457 g/mol. The zero-order valence-corrected chi connectivity index (χ0v) is 18.9. The molecule has 32 heavy (non-hydrogen) atoms. The van der Waals surface area contributed by atoms with Crippen LogP contribution < -0.4 is 19.5 Å². The van der Waals surface area contributed by atoms with Crippen molar-refractivity contribution in [1.29, 1.82) is 0 Å². The van der Waals surface area contributed by atoms with E-state index in [1.807, 2.05) is 18.2 Å². The fraction of sp³-hybridized carbons (Fsp3) is 0.261. The Kier molecular flexibility index (Phi) is 7.77. The van der Waals surface area contributed by atoms with Crippen LogP contribution in [0.15, 0.2) is 47.4 Å². The average Bonchev–Trinajstić information content (AvgIpc) is 3.06. The van der Waals surface area contributed by atoms with Crippen molar-refractivity contribution < 1.29 is 28.6 Å². The maximum absolute atomic E-state index is 12.7. The zero-order valence-electron chi connectivity index (χ0n) is 18.0. The second kappa shape index (κ2) is 10.7. The number of amides is 3. The van der Waals surface area contributed by atoms with Gasteiger partial charge in [0, 0.05) is 18.7 Å². The van der Waals surface area contributed by atoms with Crippen LogP contribution in [0.25, 0.3) is 6.08 Å². The number of nitrogens with one attached hydrogen (secondary N) is 1. The van der Waals surface area contributed by atoms with E-state index >= 15 is 0 Å². The second-order valence-electron chi connectivity index (χ2n) is 6.79. The van der Waals surface area contributed by atoms with Gasteiger partial charge >= 0.3 is 0 Å². The topological polar surface area (TPSA) is 94.2 Å². The summed E-state index contributed by atoms with van der Waals surface area (Å²) in [6, 6.07) is 12.5. The Morgan fingerprint density at radius 3 is 2.44 bits per heavy atom. The highest BCUT2D eigenvalue weighted by molar-refractivity contribution is 8.18. The molecule has 1 fully saturated rings. The van der Waals surface area contributed by atoms with Gasteiger partial charge in [0.2, 0.25) is 5.91 Å². The molecule has 0 unspecified atom stereocenters. The molecule has 0 saturated carbocycles. The number of imide groups is 1. The molecule has 3 rings (SSSR count). The van der Waals surface area contributed by atoms with Crippen molar-refractivity contribution in [2.45, 2.75) is 6.42 Å². The van der Waals surface area contributed by atoms with Crippen LogP contribution in [0.5, 0.6) is 17.2 Å². The van der Waals surface area contributed by atoms with Crippen LogP contribution in [0, 0.1) is 0 Å². The van der Waals surface area contributed by atoms with E-state index in [-0.39, 0.29) is 30.7 Å². The second-order valence-corrected chi connectivity index (χ2v) is 7.78. The van der Waals surface area contributed by atoms with Crippen molar-refractivity contribution in [3.8, 4) is 17.2 Å². The molecule has 0 radical (unpaired) electrons. The number of methoxy groups -OCH3 is 3. The van der Waals surface area contributed by atoms with Crippen molar-refractivity contribution in [2.75, 3.05) is 34.4 Å². The predicted molar refractivity (Wildman–Crippen MR) is 122 cm³/mol. The van der Waals surface area contributed by atoms with Crippen molar-refractivity contribution >= 4 is 34.9 Å². The number of para-hydroxylation sites is 1. The van der Waals surface area contributed by atoms with Crippen LogP contribution >= 0.6 is 11.8 Å². The van der Waals surface area contributed by atoms with E-state index in [1.165, 1.54) is 14.2 Å². The van der Waals surface area contributed by atoms with Gasteiger partial charge in [-0.3, -0.25) is 19.3 Å². The Balaban J connectivity index is 1.58. The highest BCUT2D eigenvalue weighted by Crippen LogP contribution is 2.34. The lowest BCUT2D eigenvalue weighted by atomic mass is 10.1. The number of thioether (sulfide) groups is 1. The highest BCUT2D eigenvalue weighted by Gasteiger charge is 2.34. The summed E-state index contributed by atoms with van der Waals surface area (Å²) in [5.41, 5.74) is 1.47. The van der Waals surface area contributed by atoms with Crippen LogP contribution in [0.2, 0.25) is 0 Å². The maximum Gasteiger partial charge on any atom is 0.293 e. The van der Waals surface area contributed by atoms with E-state index < -0.39 is 5.91 Å². The van der Waals surface area contributed by atoms with Gasteiger partial charge in [0.15, 0.2) is 11.5 Å². The number of hydrogen-bond acceptors (Lipinski definition) is 7. The first-order chi connectivity index (χ1) is 15.5. The largest absolute Gasteiger partial charge is 0.496 e. The zero-order chi connectivity index (χ0) is 23.1. The van der Waals surface area contributed by atoms with Crippen LogP contribution in [0.3, 0.4) is 0 Å². The summed E-state index contributed by atoms with van der Waals surface area (Å²) < 4.78 is 15.7. The molecule has 0 spiro atoms. The van der Waals surface area contributed by atoms with Gasteiger partial charge in [-0.25, -0.2) is 0 Å². The molecule has 2 aromatic rings. The lowest BCUT2D eigenvalue weighted by molar-refractivity contribution is -0.124. The third-order valence-corrected chi connectivity index (χ3v) is 5.69. The normalized spacial score (nSPS) is 14.6. The number of benzene rings is 2. The lowest BCUT2D eigenvalue weighted by Gasteiger charge is -2.13. The van der Waals surface area contributed by atoms with E-state index in [4.69, 9.17) is 14.2 Å². The van der Waals surface area contributed by atoms with E-state index in [9.17, 15) is 14.4 Å². The van der Waals surface area contributed by atoms with Crippen molar-refractivity contribution in [3.63, 3.8) is 0 Å². The van der Waals surface area contributed by atoms with Crippen LogP contribution in [-0.2, 0) is 16.0 Å². The summed E-state index contributed by atoms with van der Waals surface area (Å²) in [6.07, 6.45) is 1.78. The van der Waals surface area contributed by atoms with Gasteiger partial charge in [-0.1, -0.05) is 24.3 Å². The first-order valence-electron chi connectivity index (χ1n) is 9.82. The standard InChI is InChI=1S/C23H24N2O6S/c1-29-17-7-5-4-6-16(17)14-21(26)24-10-11-25-22(27)20(32-23(25)28)13-15-8-9-18(30-2)19(12-15)31-3/h4-9,12-13H,10-11,14H2,1-3H3,(H,24,26)/b20-13+. The Labute approximate surface area is 190 Å². The van der Waals surface area contributed by atoms with Gasteiger partial charge in [0.05, 0.1) is 32.7 Å². The fourth-order valence-corrected chi connectivity index (χ4v) is 4.04. The molecular formula is C23H24N2O6S. The Morgan fingerprint density at radius 1 is 1.00 bits per heavy atom. The Morgan fingerprint density at radius 2 is 1.72 bits per heavy atom. The molecule has 1 aliphatic heterocycles. The number of ether oxygens (including phenoxy) is 3. The van der Waals surface area contributed by atoms with Crippen molar-refractivity contribution in [3.05, 3.63) is 58.5 Å². The summed E-state index contributed by atoms with van der Waals surface area (Å²) in [5.74, 6) is 1.12. The predicted octanol–water partition coefficient (Wildman–Crippen LogP) is 3.11. The fourth-order valence-electron chi connectivity index (χ4n) is 3.18. The third-order valence-electron chi connectivity index (χ3n) is 4.78. The van der Waals surface area contributed by atoms with E-state index in [2.05, 4.69) is 5.32 Å². The molecule has 1 heterocycles. The van der Waals surface area contributed by atoms with Crippen LogP contribution in [0.4, 0.5) is 4.79 Å². The quantitative estimate of drug-likeness (QED) is 0.580. The van der Waals surface area contributed by atoms with Gasteiger partial charge < -0.3 is 19.5 Å². The molecule has 2 aromatic carbocycles. The number of hydrogen-bond donors (Lipinski definition) is 1. The maximum atomic E-state index is 12.7. The molecular weight excluding hydrogens is 432 g/mol. The summed E-state index contributed by atoms with van der Waals surface area (Å²) in [6.45, 7) is 0.251. The molecule has 0 aromatic heterocycles. The molecule has 168 valence electrons. The minimum Gasteiger partial charge on any atom is -0.496 e. The van der Waals surface area contributed by atoms with E-state index in [1.54, 1.807) is 37.5 Å². The van der Waals surface area contributed by atoms with E-state index in [0.29, 0.717) is 27.7 Å². The molecule has 0 atom stereocenters. The van der Waals surface area contributed by atoms with E-state index in [0.717, 1.165) is 22.2 Å². The Hall–Kier alpha value is -3.46. The van der Waals surface area contributed by atoms with Crippen LogP contribution in [-0.4, -0.2) is 56.4 Å². The molecule has 9 heteroatoms. The smallest absolute Gasteiger partial charge is 0.293 e. The summed E-state index contributed by atoms with van der Waals surface area (Å²) in [4.78, 5) is 38.7. The first-order valence-corrected chi connectivity index (χ1v) is 10.6. The van der Waals surface area contributed by atoms with Gasteiger partial charge in [-0.15, -0.1) is 0 Å².